The molecule has 1 aliphatic heterocycles. The van der Waals surface area contributed by atoms with Gasteiger partial charge in [-0.1, -0.05) is 29.8 Å². The maximum Gasteiger partial charge on any atom is 0.260 e. The number of aryl methyl sites for hydroxylation is 1. The number of nitrogens with zero attached hydrogens (tertiary/aromatic N) is 4. The van der Waals surface area contributed by atoms with Gasteiger partial charge in [0.15, 0.2) is 5.82 Å². The summed E-state index contributed by atoms with van der Waals surface area (Å²) < 4.78 is 7.62. The van der Waals surface area contributed by atoms with Crippen molar-refractivity contribution in [1.29, 1.82) is 0 Å². The summed E-state index contributed by atoms with van der Waals surface area (Å²) in [4.78, 5) is 7.11. The number of benzene rings is 1. The van der Waals surface area contributed by atoms with Crippen molar-refractivity contribution in [3.05, 3.63) is 36.3 Å². The minimum absolute atomic E-state index is 0.621. The molecule has 0 amide bonds. The molecule has 1 fully saturated rings. The lowest BCUT2D eigenvalue weighted by Crippen LogP contribution is -2.31. The second kappa shape index (κ2) is 6.16. The molecule has 120 valence electrons. The van der Waals surface area contributed by atoms with Gasteiger partial charge in [-0.2, -0.15) is 4.98 Å². The van der Waals surface area contributed by atoms with Gasteiger partial charge in [0.25, 0.3) is 5.89 Å². The Morgan fingerprint density at radius 3 is 2.83 bits per heavy atom. The Kier molecular flexibility index (Phi) is 3.87. The van der Waals surface area contributed by atoms with Gasteiger partial charge < -0.3 is 14.0 Å². The smallest absolute Gasteiger partial charge is 0.260 e. The minimum Gasteiger partial charge on any atom is -0.350 e. The molecule has 0 spiro atoms. The first kappa shape index (κ1) is 14.5. The fraction of sp³-hybridized carbons (Fsp3) is 0.444. The number of piperidine rings is 1. The molecular weight excluding hydrogens is 288 g/mol. The Bertz CT molecular complexity index is 798. The highest BCUT2D eigenvalue weighted by Crippen LogP contribution is 2.28. The molecule has 23 heavy (non-hydrogen) atoms. The van der Waals surface area contributed by atoms with Crippen molar-refractivity contribution in [1.82, 2.24) is 19.6 Å². The Hall–Kier alpha value is -2.14. The van der Waals surface area contributed by atoms with E-state index in [-0.39, 0.29) is 0 Å². The molecule has 1 aliphatic rings. The second-order valence-corrected chi connectivity index (χ2v) is 6.34. The maximum atomic E-state index is 5.52. The third kappa shape index (κ3) is 2.88. The Labute approximate surface area is 135 Å². The maximum absolute atomic E-state index is 5.52. The van der Waals surface area contributed by atoms with E-state index in [1.807, 2.05) is 19.2 Å². The number of aromatic nitrogens is 3. The third-order valence-corrected chi connectivity index (χ3v) is 4.70. The van der Waals surface area contributed by atoms with Crippen molar-refractivity contribution >= 4 is 10.9 Å². The van der Waals surface area contributed by atoms with Crippen LogP contribution in [0.5, 0.6) is 0 Å². The molecule has 5 heteroatoms. The molecule has 4 rings (SSSR count). The van der Waals surface area contributed by atoms with E-state index in [1.54, 1.807) is 0 Å². The van der Waals surface area contributed by atoms with Crippen LogP contribution in [0.3, 0.4) is 0 Å². The standard InChI is InChI=1S/C18H22N4O/c1-21-13-15(14-7-3-4-8-16(14)21)18-19-17(20-23-18)9-12-22-10-5-2-6-11-22/h3-4,7-8,13H,2,5-6,9-12H2,1H3. The summed E-state index contributed by atoms with van der Waals surface area (Å²) >= 11 is 0. The van der Waals surface area contributed by atoms with Crippen LogP contribution in [0.2, 0.25) is 0 Å². The average Bonchev–Trinajstić information content (AvgIpc) is 3.19. The monoisotopic (exact) mass is 310 g/mol. The summed E-state index contributed by atoms with van der Waals surface area (Å²) in [6.07, 6.45) is 6.91. The van der Waals surface area contributed by atoms with E-state index in [0.717, 1.165) is 29.7 Å². The van der Waals surface area contributed by atoms with Gasteiger partial charge in [0.05, 0.1) is 5.56 Å². The fourth-order valence-electron chi connectivity index (χ4n) is 3.42. The van der Waals surface area contributed by atoms with E-state index in [2.05, 4.69) is 37.9 Å². The molecule has 5 nitrogen and oxygen atoms in total. The number of rotatable bonds is 4. The van der Waals surface area contributed by atoms with Crippen LogP contribution in [-0.2, 0) is 13.5 Å². The van der Waals surface area contributed by atoms with E-state index in [4.69, 9.17) is 4.52 Å². The zero-order valence-electron chi connectivity index (χ0n) is 13.5. The van der Waals surface area contributed by atoms with Gasteiger partial charge in [-0.15, -0.1) is 0 Å². The highest BCUT2D eigenvalue weighted by Gasteiger charge is 2.16. The summed E-state index contributed by atoms with van der Waals surface area (Å²) in [5, 5.41) is 5.32. The lowest BCUT2D eigenvalue weighted by Gasteiger charge is -2.25. The van der Waals surface area contributed by atoms with Crippen molar-refractivity contribution in [3.8, 4) is 11.5 Å². The second-order valence-electron chi connectivity index (χ2n) is 6.34. The number of para-hydroxylation sites is 1. The first-order valence-corrected chi connectivity index (χ1v) is 8.40. The van der Waals surface area contributed by atoms with Crippen LogP contribution in [0, 0.1) is 0 Å². The molecule has 0 bridgehead atoms. The highest BCUT2D eigenvalue weighted by atomic mass is 16.5. The predicted molar refractivity (Wildman–Crippen MR) is 90.2 cm³/mol. The van der Waals surface area contributed by atoms with Gasteiger partial charge in [0.1, 0.15) is 0 Å². The van der Waals surface area contributed by atoms with Crippen molar-refractivity contribution in [2.45, 2.75) is 25.7 Å². The van der Waals surface area contributed by atoms with E-state index in [1.165, 1.54) is 37.9 Å². The number of likely N-dealkylation sites (tertiary alicyclic amines) is 1. The van der Waals surface area contributed by atoms with Crippen LogP contribution >= 0.6 is 0 Å². The highest BCUT2D eigenvalue weighted by molar-refractivity contribution is 5.93. The zero-order chi connectivity index (χ0) is 15.6. The summed E-state index contributed by atoms with van der Waals surface area (Å²) in [6.45, 7) is 3.43. The minimum atomic E-state index is 0.621. The molecule has 1 saturated heterocycles. The van der Waals surface area contributed by atoms with Gasteiger partial charge in [-0.3, -0.25) is 0 Å². The van der Waals surface area contributed by atoms with Crippen molar-refractivity contribution in [3.63, 3.8) is 0 Å². The zero-order valence-corrected chi connectivity index (χ0v) is 13.5. The summed E-state index contributed by atoms with van der Waals surface area (Å²) in [6, 6.07) is 8.29. The van der Waals surface area contributed by atoms with Gasteiger partial charge in [-0.25, -0.2) is 0 Å². The van der Waals surface area contributed by atoms with Gasteiger partial charge in [0, 0.05) is 37.1 Å². The largest absolute Gasteiger partial charge is 0.350 e. The molecule has 0 atom stereocenters. The molecule has 0 N–H and O–H groups in total. The SMILES string of the molecule is Cn1cc(-c2nc(CCN3CCCCC3)no2)c2ccccc21. The van der Waals surface area contributed by atoms with E-state index < -0.39 is 0 Å². The third-order valence-electron chi connectivity index (χ3n) is 4.70. The summed E-state index contributed by atoms with van der Waals surface area (Å²) in [7, 11) is 2.04. The Morgan fingerprint density at radius 1 is 1.13 bits per heavy atom. The molecule has 0 unspecified atom stereocenters. The van der Waals surface area contributed by atoms with Gasteiger partial charge >= 0.3 is 0 Å². The normalized spacial score (nSPS) is 16.2. The molecule has 3 aromatic rings. The van der Waals surface area contributed by atoms with E-state index in [9.17, 15) is 0 Å². The van der Waals surface area contributed by atoms with Crippen molar-refractivity contribution in [2.75, 3.05) is 19.6 Å². The van der Waals surface area contributed by atoms with Crippen LogP contribution in [0.15, 0.2) is 35.0 Å². The van der Waals surface area contributed by atoms with E-state index >= 15 is 0 Å². The van der Waals surface area contributed by atoms with Crippen molar-refractivity contribution < 1.29 is 4.52 Å². The number of hydrogen-bond donors (Lipinski definition) is 0. The first-order chi connectivity index (χ1) is 11.3. The first-order valence-electron chi connectivity index (χ1n) is 8.40. The van der Waals surface area contributed by atoms with Gasteiger partial charge in [-0.05, 0) is 32.0 Å². The van der Waals surface area contributed by atoms with Crippen LogP contribution in [-0.4, -0.2) is 39.2 Å². The lowest BCUT2D eigenvalue weighted by atomic mass is 10.1. The van der Waals surface area contributed by atoms with Crippen LogP contribution < -0.4 is 0 Å². The Balaban J connectivity index is 1.52. The molecule has 1 aromatic carbocycles. The number of fused-ring (bicyclic) bond motifs is 1. The predicted octanol–water partition coefficient (Wildman–Crippen LogP) is 3.26. The van der Waals surface area contributed by atoms with Crippen LogP contribution in [0.4, 0.5) is 0 Å². The molecule has 0 radical (unpaired) electrons. The molecule has 3 heterocycles. The van der Waals surface area contributed by atoms with Crippen LogP contribution in [0.25, 0.3) is 22.4 Å². The molecular formula is C18H22N4O. The summed E-state index contributed by atoms with van der Waals surface area (Å²) in [5.74, 6) is 1.42. The van der Waals surface area contributed by atoms with Crippen molar-refractivity contribution in [2.24, 2.45) is 7.05 Å². The molecule has 0 aliphatic carbocycles. The lowest BCUT2D eigenvalue weighted by molar-refractivity contribution is 0.229. The number of hydrogen-bond acceptors (Lipinski definition) is 4. The van der Waals surface area contributed by atoms with Gasteiger partial charge in [0.2, 0.25) is 0 Å². The molecule has 2 aromatic heterocycles. The summed E-state index contributed by atoms with van der Waals surface area (Å²) in [5.41, 5.74) is 2.19. The Morgan fingerprint density at radius 2 is 1.96 bits per heavy atom. The quantitative estimate of drug-likeness (QED) is 0.742. The van der Waals surface area contributed by atoms with E-state index in [0.29, 0.717) is 5.89 Å². The average molecular weight is 310 g/mol. The fourth-order valence-corrected chi connectivity index (χ4v) is 3.42. The molecule has 0 saturated carbocycles. The van der Waals surface area contributed by atoms with Crippen LogP contribution in [0.1, 0.15) is 25.1 Å². The topological polar surface area (TPSA) is 47.1 Å².